The highest BCUT2D eigenvalue weighted by atomic mass is 16.2. The number of nitrogens with zero attached hydrogens (tertiary/aromatic N) is 1. The largest absolute Gasteiger partial charge is 0.349 e. The van der Waals surface area contributed by atoms with Crippen molar-refractivity contribution in [3.8, 4) is 0 Å². The van der Waals surface area contributed by atoms with E-state index in [2.05, 4.69) is 10.6 Å². The van der Waals surface area contributed by atoms with E-state index in [1.807, 2.05) is 32.6 Å². The fraction of sp³-hybridized carbons (Fsp3) is 0.571. The Morgan fingerprint density at radius 2 is 1.63 bits per heavy atom. The van der Waals surface area contributed by atoms with Gasteiger partial charge in [0.05, 0.1) is 0 Å². The van der Waals surface area contributed by atoms with Gasteiger partial charge >= 0.3 is 0 Å². The standard InChI is InChI=1S/C21H31N3O3/c1-14(2)13-19(25)24-11-9-18(10-12-24)23-21(27)16-5-7-17(8-6-16)22-20(26)15(3)4/h5-8,14-15,18H,9-13H2,1-4H3,(H,22,26)(H,23,27). The normalized spacial score (nSPS) is 15.1. The number of likely N-dealkylation sites (tertiary alicyclic amines) is 1. The van der Waals surface area contributed by atoms with Crippen LogP contribution in [0, 0.1) is 11.8 Å². The molecule has 2 rings (SSSR count). The van der Waals surface area contributed by atoms with Gasteiger partial charge in [0, 0.05) is 42.7 Å². The Hall–Kier alpha value is -2.37. The molecule has 6 heteroatoms. The second-order valence-corrected chi connectivity index (χ2v) is 7.95. The van der Waals surface area contributed by atoms with Gasteiger partial charge in [-0.05, 0) is 43.0 Å². The number of nitrogens with one attached hydrogen (secondary N) is 2. The van der Waals surface area contributed by atoms with Crippen molar-refractivity contribution in [2.75, 3.05) is 18.4 Å². The van der Waals surface area contributed by atoms with E-state index < -0.39 is 0 Å². The summed E-state index contributed by atoms with van der Waals surface area (Å²) in [6.45, 7) is 9.14. The van der Waals surface area contributed by atoms with Crippen molar-refractivity contribution < 1.29 is 14.4 Å². The van der Waals surface area contributed by atoms with Crippen molar-refractivity contribution in [1.29, 1.82) is 0 Å². The van der Waals surface area contributed by atoms with Crippen LogP contribution in [-0.2, 0) is 9.59 Å². The topological polar surface area (TPSA) is 78.5 Å². The Morgan fingerprint density at radius 3 is 2.15 bits per heavy atom. The van der Waals surface area contributed by atoms with Crippen LogP contribution in [0.2, 0.25) is 0 Å². The molecule has 1 fully saturated rings. The second-order valence-electron chi connectivity index (χ2n) is 7.95. The second kappa shape index (κ2) is 9.53. The number of hydrogen-bond acceptors (Lipinski definition) is 3. The molecule has 6 nitrogen and oxygen atoms in total. The predicted octanol–water partition coefficient (Wildman–Crippen LogP) is 3.05. The molecule has 0 radical (unpaired) electrons. The molecule has 0 aliphatic carbocycles. The third-order valence-corrected chi connectivity index (χ3v) is 4.70. The quantitative estimate of drug-likeness (QED) is 0.804. The minimum Gasteiger partial charge on any atom is -0.349 e. The van der Waals surface area contributed by atoms with E-state index in [0.717, 1.165) is 12.8 Å². The molecular formula is C21H31N3O3. The van der Waals surface area contributed by atoms with Crippen LogP contribution in [0.25, 0.3) is 0 Å². The zero-order valence-electron chi connectivity index (χ0n) is 16.7. The average molecular weight is 373 g/mol. The fourth-order valence-corrected chi connectivity index (χ4v) is 3.01. The number of rotatable bonds is 6. The Kier molecular flexibility index (Phi) is 7.39. The summed E-state index contributed by atoms with van der Waals surface area (Å²) in [5, 5.41) is 5.86. The molecule has 148 valence electrons. The molecule has 0 saturated carbocycles. The maximum atomic E-state index is 12.4. The number of carbonyl (C=O) groups excluding carboxylic acids is 3. The van der Waals surface area contributed by atoms with Crippen LogP contribution in [0.1, 0.15) is 57.3 Å². The van der Waals surface area contributed by atoms with E-state index in [1.165, 1.54) is 0 Å². The number of benzene rings is 1. The van der Waals surface area contributed by atoms with Crippen molar-refractivity contribution >= 4 is 23.4 Å². The summed E-state index contributed by atoms with van der Waals surface area (Å²) in [6.07, 6.45) is 2.13. The summed E-state index contributed by atoms with van der Waals surface area (Å²) in [5.41, 5.74) is 1.25. The van der Waals surface area contributed by atoms with Crippen LogP contribution in [0.4, 0.5) is 5.69 Å². The van der Waals surface area contributed by atoms with Gasteiger partial charge in [0.1, 0.15) is 0 Å². The van der Waals surface area contributed by atoms with Crippen LogP contribution < -0.4 is 10.6 Å². The first-order chi connectivity index (χ1) is 12.8. The maximum Gasteiger partial charge on any atom is 0.251 e. The van der Waals surface area contributed by atoms with Gasteiger partial charge in [0.15, 0.2) is 0 Å². The van der Waals surface area contributed by atoms with Gasteiger partial charge in [-0.2, -0.15) is 0 Å². The molecule has 2 N–H and O–H groups in total. The highest BCUT2D eigenvalue weighted by Crippen LogP contribution is 2.15. The molecule has 1 heterocycles. The number of hydrogen-bond donors (Lipinski definition) is 2. The summed E-state index contributed by atoms with van der Waals surface area (Å²) in [7, 11) is 0. The minimum absolute atomic E-state index is 0.0500. The molecule has 0 atom stereocenters. The van der Waals surface area contributed by atoms with Gasteiger partial charge in [0.2, 0.25) is 11.8 Å². The fourth-order valence-electron chi connectivity index (χ4n) is 3.01. The third kappa shape index (κ3) is 6.38. The monoisotopic (exact) mass is 373 g/mol. The molecule has 1 saturated heterocycles. The van der Waals surface area contributed by atoms with Crippen molar-refractivity contribution in [1.82, 2.24) is 10.2 Å². The first kappa shape index (κ1) is 20.9. The van der Waals surface area contributed by atoms with Gasteiger partial charge in [-0.15, -0.1) is 0 Å². The van der Waals surface area contributed by atoms with Crippen LogP contribution >= 0.6 is 0 Å². The SMILES string of the molecule is CC(C)CC(=O)N1CCC(NC(=O)c2ccc(NC(=O)C(C)C)cc2)CC1. The minimum atomic E-state index is -0.122. The summed E-state index contributed by atoms with van der Waals surface area (Å²) >= 11 is 0. The Balaban J connectivity index is 1.82. The van der Waals surface area contributed by atoms with Gasteiger partial charge in [-0.1, -0.05) is 27.7 Å². The van der Waals surface area contributed by atoms with Gasteiger partial charge in [0.25, 0.3) is 5.91 Å². The van der Waals surface area contributed by atoms with Crippen LogP contribution in [-0.4, -0.2) is 41.8 Å². The summed E-state index contributed by atoms with van der Waals surface area (Å²) < 4.78 is 0. The van der Waals surface area contributed by atoms with Crippen molar-refractivity contribution in [2.24, 2.45) is 11.8 Å². The first-order valence-corrected chi connectivity index (χ1v) is 9.75. The summed E-state index contributed by atoms with van der Waals surface area (Å²) in [5.74, 6) is 0.304. The molecular weight excluding hydrogens is 342 g/mol. The molecule has 0 spiro atoms. The molecule has 0 unspecified atom stereocenters. The van der Waals surface area contributed by atoms with Crippen molar-refractivity contribution in [3.05, 3.63) is 29.8 Å². The molecule has 1 aliphatic rings. The lowest BCUT2D eigenvalue weighted by Gasteiger charge is -2.32. The lowest BCUT2D eigenvalue weighted by atomic mass is 10.0. The maximum absolute atomic E-state index is 12.4. The van der Waals surface area contributed by atoms with Gasteiger partial charge in [-0.3, -0.25) is 14.4 Å². The predicted molar refractivity (Wildman–Crippen MR) is 106 cm³/mol. The molecule has 0 aromatic heterocycles. The van der Waals surface area contributed by atoms with Crippen molar-refractivity contribution in [2.45, 2.75) is 53.0 Å². The number of piperidine rings is 1. The Morgan fingerprint density at radius 1 is 1.04 bits per heavy atom. The molecule has 1 aromatic carbocycles. The molecule has 27 heavy (non-hydrogen) atoms. The first-order valence-electron chi connectivity index (χ1n) is 9.75. The number of amides is 3. The molecule has 0 bridgehead atoms. The summed E-state index contributed by atoms with van der Waals surface area (Å²) in [4.78, 5) is 38.2. The van der Waals surface area contributed by atoms with E-state index in [-0.39, 0.29) is 29.7 Å². The number of anilines is 1. The zero-order chi connectivity index (χ0) is 20.0. The zero-order valence-corrected chi connectivity index (χ0v) is 16.7. The van der Waals surface area contributed by atoms with Crippen LogP contribution in [0.3, 0.4) is 0 Å². The Bertz CT molecular complexity index is 660. The number of carbonyl (C=O) groups is 3. The smallest absolute Gasteiger partial charge is 0.251 e. The van der Waals surface area contributed by atoms with Gasteiger partial charge in [-0.25, -0.2) is 0 Å². The molecule has 1 aromatic rings. The van der Waals surface area contributed by atoms with E-state index in [4.69, 9.17) is 0 Å². The molecule has 1 aliphatic heterocycles. The average Bonchev–Trinajstić information content (AvgIpc) is 2.62. The van der Waals surface area contributed by atoms with E-state index in [0.29, 0.717) is 36.7 Å². The highest BCUT2D eigenvalue weighted by molar-refractivity contribution is 5.96. The van der Waals surface area contributed by atoms with Crippen LogP contribution in [0.5, 0.6) is 0 Å². The van der Waals surface area contributed by atoms with Crippen LogP contribution in [0.15, 0.2) is 24.3 Å². The van der Waals surface area contributed by atoms with E-state index in [1.54, 1.807) is 24.3 Å². The Labute approximate surface area is 161 Å². The lowest BCUT2D eigenvalue weighted by Crippen LogP contribution is -2.46. The lowest BCUT2D eigenvalue weighted by molar-refractivity contribution is -0.133. The summed E-state index contributed by atoms with van der Waals surface area (Å²) in [6, 6.07) is 6.99. The van der Waals surface area contributed by atoms with Crippen molar-refractivity contribution in [3.63, 3.8) is 0 Å². The third-order valence-electron chi connectivity index (χ3n) is 4.70. The molecule has 3 amide bonds. The van der Waals surface area contributed by atoms with Gasteiger partial charge < -0.3 is 15.5 Å². The highest BCUT2D eigenvalue weighted by Gasteiger charge is 2.24. The van der Waals surface area contributed by atoms with E-state index >= 15 is 0 Å². The van der Waals surface area contributed by atoms with E-state index in [9.17, 15) is 14.4 Å².